The Morgan fingerprint density at radius 3 is 2.76 bits per heavy atom. The fourth-order valence-corrected chi connectivity index (χ4v) is 1.62. The molecule has 0 saturated heterocycles. The lowest BCUT2D eigenvalue weighted by atomic mass is 10.2. The molecule has 0 atom stereocenters. The van der Waals surface area contributed by atoms with Crippen molar-refractivity contribution in [1.29, 1.82) is 0 Å². The smallest absolute Gasteiger partial charge is 0.221 e. The summed E-state index contributed by atoms with van der Waals surface area (Å²) in [6.45, 7) is 2.12. The van der Waals surface area contributed by atoms with E-state index < -0.39 is 0 Å². The highest BCUT2D eigenvalue weighted by Gasteiger charge is 2.01. The first-order valence-electron chi connectivity index (χ1n) is 5.18. The van der Waals surface area contributed by atoms with Crippen molar-refractivity contribution in [1.82, 2.24) is 9.78 Å². The molecule has 1 amide bonds. The molecular formula is C12H12ClN3O. The summed E-state index contributed by atoms with van der Waals surface area (Å²) in [6.07, 6.45) is 3.41. The minimum Gasteiger partial charge on any atom is -0.324 e. The number of rotatable bonds is 3. The van der Waals surface area contributed by atoms with Crippen molar-refractivity contribution in [2.45, 2.75) is 13.5 Å². The van der Waals surface area contributed by atoms with E-state index in [1.807, 2.05) is 24.3 Å². The van der Waals surface area contributed by atoms with E-state index in [1.165, 1.54) is 6.92 Å². The lowest BCUT2D eigenvalue weighted by molar-refractivity contribution is -0.114. The maximum Gasteiger partial charge on any atom is 0.221 e. The number of carbonyl (C=O) groups excluding carboxylic acids is 1. The molecule has 0 aliphatic heterocycles. The molecule has 1 heterocycles. The average molecular weight is 250 g/mol. The number of nitrogens with zero attached hydrogens (tertiary/aromatic N) is 2. The SMILES string of the molecule is CC(=O)Nc1cnn(Cc2ccc(Cl)cc2)c1. The minimum atomic E-state index is -0.101. The van der Waals surface area contributed by atoms with Crippen molar-refractivity contribution in [3.63, 3.8) is 0 Å². The van der Waals surface area contributed by atoms with E-state index in [0.717, 1.165) is 5.56 Å². The lowest BCUT2D eigenvalue weighted by Gasteiger charge is -2.01. The number of hydrogen-bond donors (Lipinski definition) is 1. The van der Waals surface area contributed by atoms with Gasteiger partial charge in [0.2, 0.25) is 5.91 Å². The summed E-state index contributed by atoms with van der Waals surface area (Å²) < 4.78 is 1.76. The molecule has 4 nitrogen and oxygen atoms in total. The molecule has 0 aliphatic carbocycles. The van der Waals surface area contributed by atoms with Crippen LogP contribution >= 0.6 is 11.6 Å². The Bertz CT molecular complexity index is 519. The van der Waals surface area contributed by atoms with Crippen LogP contribution in [0.3, 0.4) is 0 Å². The van der Waals surface area contributed by atoms with Gasteiger partial charge in [0.1, 0.15) is 0 Å². The molecule has 0 spiro atoms. The highest BCUT2D eigenvalue weighted by molar-refractivity contribution is 6.30. The molecular weight excluding hydrogens is 238 g/mol. The van der Waals surface area contributed by atoms with Gasteiger partial charge in [0, 0.05) is 18.1 Å². The van der Waals surface area contributed by atoms with Crippen molar-refractivity contribution in [3.8, 4) is 0 Å². The predicted molar refractivity (Wildman–Crippen MR) is 67.1 cm³/mol. The van der Waals surface area contributed by atoms with Gasteiger partial charge in [0.25, 0.3) is 0 Å². The topological polar surface area (TPSA) is 46.9 Å². The van der Waals surface area contributed by atoms with E-state index in [0.29, 0.717) is 17.3 Å². The van der Waals surface area contributed by atoms with Crippen LogP contribution in [0.25, 0.3) is 0 Å². The monoisotopic (exact) mass is 249 g/mol. The first-order chi connectivity index (χ1) is 8.13. The molecule has 0 radical (unpaired) electrons. The molecule has 0 saturated carbocycles. The van der Waals surface area contributed by atoms with E-state index in [2.05, 4.69) is 10.4 Å². The van der Waals surface area contributed by atoms with E-state index in [1.54, 1.807) is 17.1 Å². The zero-order chi connectivity index (χ0) is 12.3. The molecule has 0 bridgehead atoms. The van der Waals surface area contributed by atoms with Gasteiger partial charge in [-0.15, -0.1) is 0 Å². The zero-order valence-corrected chi connectivity index (χ0v) is 10.1. The molecule has 88 valence electrons. The fourth-order valence-electron chi connectivity index (χ4n) is 1.49. The van der Waals surface area contributed by atoms with Crippen LogP contribution in [0.4, 0.5) is 5.69 Å². The van der Waals surface area contributed by atoms with Crippen LogP contribution < -0.4 is 5.32 Å². The summed E-state index contributed by atoms with van der Waals surface area (Å²) >= 11 is 5.81. The van der Waals surface area contributed by atoms with Crippen LogP contribution in [-0.4, -0.2) is 15.7 Å². The average Bonchev–Trinajstić information content (AvgIpc) is 2.68. The number of carbonyl (C=O) groups is 1. The first-order valence-corrected chi connectivity index (χ1v) is 5.56. The Morgan fingerprint density at radius 1 is 1.41 bits per heavy atom. The van der Waals surface area contributed by atoms with Crippen LogP contribution in [0, 0.1) is 0 Å². The van der Waals surface area contributed by atoms with Crippen LogP contribution in [0.15, 0.2) is 36.7 Å². The molecule has 0 fully saturated rings. The van der Waals surface area contributed by atoms with Crippen LogP contribution in [0.5, 0.6) is 0 Å². The van der Waals surface area contributed by atoms with Gasteiger partial charge in [-0.05, 0) is 17.7 Å². The van der Waals surface area contributed by atoms with Gasteiger partial charge in [0.15, 0.2) is 0 Å². The number of halogens is 1. The molecule has 5 heteroatoms. The summed E-state index contributed by atoms with van der Waals surface area (Å²) in [5, 5.41) is 7.55. The summed E-state index contributed by atoms with van der Waals surface area (Å²) in [4.78, 5) is 10.9. The number of amides is 1. The molecule has 0 aliphatic rings. The number of nitrogens with one attached hydrogen (secondary N) is 1. The normalized spacial score (nSPS) is 10.2. The Hall–Kier alpha value is -1.81. The number of hydrogen-bond acceptors (Lipinski definition) is 2. The minimum absolute atomic E-state index is 0.101. The number of anilines is 1. The van der Waals surface area contributed by atoms with Crippen LogP contribution in [-0.2, 0) is 11.3 Å². The van der Waals surface area contributed by atoms with Crippen LogP contribution in [0.2, 0.25) is 5.02 Å². The third-order valence-corrected chi connectivity index (χ3v) is 2.46. The second-order valence-electron chi connectivity index (χ2n) is 3.73. The molecule has 2 rings (SSSR count). The van der Waals surface area contributed by atoms with E-state index in [9.17, 15) is 4.79 Å². The Kier molecular flexibility index (Phi) is 3.44. The van der Waals surface area contributed by atoms with Crippen molar-refractivity contribution >= 4 is 23.2 Å². The lowest BCUT2D eigenvalue weighted by Crippen LogP contribution is -2.05. The Labute approximate surface area is 104 Å². The third kappa shape index (κ3) is 3.32. The first kappa shape index (κ1) is 11.7. The highest BCUT2D eigenvalue weighted by atomic mass is 35.5. The summed E-state index contributed by atoms with van der Waals surface area (Å²) in [5.41, 5.74) is 1.80. The number of benzene rings is 1. The van der Waals surface area contributed by atoms with Gasteiger partial charge in [-0.2, -0.15) is 5.10 Å². The van der Waals surface area contributed by atoms with Crippen LogP contribution in [0.1, 0.15) is 12.5 Å². The van der Waals surface area contributed by atoms with Gasteiger partial charge in [-0.3, -0.25) is 9.48 Å². The maximum absolute atomic E-state index is 10.9. The van der Waals surface area contributed by atoms with Gasteiger partial charge in [0.05, 0.1) is 18.4 Å². The van der Waals surface area contributed by atoms with E-state index in [-0.39, 0.29) is 5.91 Å². The van der Waals surface area contributed by atoms with Crippen molar-refractivity contribution in [3.05, 3.63) is 47.2 Å². The van der Waals surface area contributed by atoms with Gasteiger partial charge in [-0.1, -0.05) is 23.7 Å². The highest BCUT2D eigenvalue weighted by Crippen LogP contribution is 2.11. The standard InChI is InChI=1S/C12H12ClN3O/c1-9(17)15-12-6-14-16(8-12)7-10-2-4-11(13)5-3-10/h2-6,8H,7H2,1H3,(H,15,17). The molecule has 0 unspecified atom stereocenters. The van der Waals surface area contributed by atoms with Crippen molar-refractivity contribution < 1.29 is 4.79 Å². The largest absolute Gasteiger partial charge is 0.324 e. The Morgan fingerprint density at radius 2 is 2.12 bits per heavy atom. The molecule has 17 heavy (non-hydrogen) atoms. The van der Waals surface area contributed by atoms with E-state index >= 15 is 0 Å². The third-order valence-electron chi connectivity index (χ3n) is 2.21. The Balaban J connectivity index is 2.06. The van der Waals surface area contributed by atoms with Gasteiger partial charge >= 0.3 is 0 Å². The quantitative estimate of drug-likeness (QED) is 0.909. The molecule has 2 aromatic rings. The fraction of sp³-hybridized carbons (Fsp3) is 0.167. The van der Waals surface area contributed by atoms with Gasteiger partial charge < -0.3 is 5.32 Å². The van der Waals surface area contributed by atoms with Crippen molar-refractivity contribution in [2.75, 3.05) is 5.32 Å². The van der Waals surface area contributed by atoms with Gasteiger partial charge in [-0.25, -0.2) is 0 Å². The van der Waals surface area contributed by atoms with E-state index in [4.69, 9.17) is 11.6 Å². The second kappa shape index (κ2) is 5.01. The number of aromatic nitrogens is 2. The molecule has 1 aromatic carbocycles. The summed E-state index contributed by atoms with van der Waals surface area (Å²) in [5.74, 6) is -0.101. The molecule has 1 N–H and O–H groups in total. The molecule has 1 aromatic heterocycles. The zero-order valence-electron chi connectivity index (χ0n) is 9.35. The maximum atomic E-state index is 10.9. The summed E-state index contributed by atoms with van der Waals surface area (Å²) in [6, 6.07) is 7.58. The predicted octanol–water partition coefficient (Wildman–Crippen LogP) is 2.54. The summed E-state index contributed by atoms with van der Waals surface area (Å²) in [7, 11) is 0. The second-order valence-corrected chi connectivity index (χ2v) is 4.17. The van der Waals surface area contributed by atoms with Crippen molar-refractivity contribution in [2.24, 2.45) is 0 Å².